The molecule has 0 bridgehead atoms. The van der Waals surface area contributed by atoms with E-state index in [9.17, 15) is 14.4 Å². The van der Waals surface area contributed by atoms with E-state index in [-0.39, 0.29) is 24.1 Å². The molecule has 0 atom stereocenters. The first kappa shape index (κ1) is 54.2. The van der Waals surface area contributed by atoms with Gasteiger partial charge in [-0.25, -0.2) is 4.79 Å². The van der Waals surface area contributed by atoms with E-state index >= 15 is 0 Å². The summed E-state index contributed by atoms with van der Waals surface area (Å²) in [5.74, 6) is -0.0296. The molecule has 1 amide bonds. The minimum absolute atomic E-state index is 0.00769. The molecule has 0 unspecified atom stereocenters. The zero-order valence-electron chi connectivity index (χ0n) is 37.8. The average molecular weight is 795 g/mol. The summed E-state index contributed by atoms with van der Waals surface area (Å²) in [5.41, 5.74) is 0. The summed E-state index contributed by atoms with van der Waals surface area (Å²) >= 11 is 0. The van der Waals surface area contributed by atoms with Gasteiger partial charge in [0.15, 0.2) is 0 Å². The summed E-state index contributed by atoms with van der Waals surface area (Å²) in [6.45, 7) is 13.2. The van der Waals surface area contributed by atoms with E-state index in [0.717, 1.165) is 103 Å². The van der Waals surface area contributed by atoms with Gasteiger partial charge >= 0.3 is 18.0 Å². The van der Waals surface area contributed by atoms with Crippen LogP contribution in [-0.2, 0) is 23.8 Å². The number of hydrogen-bond acceptors (Lipinski definition) is 7. The first-order valence-corrected chi connectivity index (χ1v) is 24.4. The lowest BCUT2D eigenvalue weighted by Gasteiger charge is -2.22. The number of carbonyl (C=O) groups excluding carboxylic acids is 3. The molecule has 0 aromatic rings. The van der Waals surface area contributed by atoms with Gasteiger partial charge in [0.2, 0.25) is 0 Å². The third kappa shape index (κ3) is 40.4. The summed E-state index contributed by atoms with van der Waals surface area (Å²) in [6.07, 6.45) is 38.6. The molecule has 0 rings (SSSR count). The lowest BCUT2D eigenvalue weighted by atomic mass is 10.0. The van der Waals surface area contributed by atoms with Gasteiger partial charge in [0.1, 0.15) is 6.10 Å². The molecule has 0 aliphatic carbocycles. The molecule has 0 aromatic heterocycles. The van der Waals surface area contributed by atoms with Crippen molar-refractivity contribution in [2.75, 3.05) is 39.4 Å². The maximum atomic E-state index is 12.8. The largest absolute Gasteiger partial charge is 0.466 e. The summed E-state index contributed by atoms with van der Waals surface area (Å²) in [5, 5.41) is 2.85. The number of amides is 1. The average Bonchev–Trinajstić information content (AvgIpc) is 3.18. The van der Waals surface area contributed by atoms with Crippen LogP contribution in [0.1, 0.15) is 246 Å². The molecule has 332 valence electrons. The van der Waals surface area contributed by atoms with E-state index in [4.69, 9.17) is 14.2 Å². The third-order valence-electron chi connectivity index (χ3n) is 11.0. The molecule has 0 radical (unpaired) electrons. The second-order valence-electron chi connectivity index (χ2n) is 16.4. The summed E-state index contributed by atoms with van der Waals surface area (Å²) < 4.78 is 16.5. The van der Waals surface area contributed by atoms with Crippen molar-refractivity contribution < 1.29 is 28.6 Å². The van der Waals surface area contributed by atoms with Gasteiger partial charge in [0.05, 0.1) is 13.2 Å². The number of hydrogen-bond donors (Lipinski definition) is 1. The number of ether oxygens (including phenoxy) is 3. The first-order chi connectivity index (χ1) is 27.5. The van der Waals surface area contributed by atoms with Crippen LogP contribution in [0.25, 0.3) is 0 Å². The number of rotatable bonds is 44. The molecule has 0 fully saturated rings. The lowest BCUT2D eigenvalue weighted by Crippen LogP contribution is -2.31. The minimum atomic E-state index is -0.337. The number of unbranched alkanes of at least 4 members (excludes halogenated alkanes) is 24. The highest BCUT2D eigenvalue weighted by Crippen LogP contribution is 2.19. The first-order valence-electron chi connectivity index (χ1n) is 24.4. The van der Waals surface area contributed by atoms with Crippen molar-refractivity contribution in [1.29, 1.82) is 0 Å². The molecule has 8 nitrogen and oxygen atoms in total. The molecule has 56 heavy (non-hydrogen) atoms. The van der Waals surface area contributed by atoms with Crippen LogP contribution in [-0.4, -0.2) is 68.4 Å². The molecular weight excluding hydrogens is 701 g/mol. The van der Waals surface area contributed by atoms with Crippen molar-refractivity contribution in [3.63, 3.8) is 0 Å². The van der Waals surface area contributed by atoms with Gasteiger partial charge in [-0.15, -0.1) is 0 Å². The topological polar surface area (TPSA) is 94.2 Å². The zero-order valence-corrected chi connectivity index (χ0v) is 37.8. The Kier molecular flexibility index (Phi) is 42.8. The van der Waals surface area contributed by atoms with Gasteiger partial charge in [-0.1, -0.05) is 162 Å². The highest BCUT2D eigenvalue weighted by atomic mass is 16.6. The van der Waals surface area contributed by atoms with Gasteiger partial charge in [-0.3, -0.25) is 9.59 Å². The molecule has 0 heterocycles. The second kappa shape index (κ2) is 44.3. The molecule has 1 N–H and O–H groups in total. The van der Waals surface area contributed by atoms with Crippen LogP contribution in [0.15, 0.2) is 0 Å². The maximum Gasteiger partial charge on any atom is 0.407 e. The van der Waals surface area contributed by atoms with Crippen LogP contribution >= 0.6 is 0 Å². The van der Waals surface area contributed by atoms with Crippen LogP contribution in [0.3, 0.4) is 0 Å². The van der Waals surface area contributed by atoms with Crippen molar-refractivity contribution in [2.45, 2.75) is 252 Å². The Morgan fingerprint density at radius 2 is 0.857 bits per heavy atom. The molecule has 0 aromatic carbocycles. The minimum Gasteiger partial charge on any atom is -0.466 e. The van der Waals surface area contributed by atoms with E-state index in [1.54, 1.807) is 0 Å². The fourth-order valence-electron chi connectivity index (χ4n) is 7.41. The Morgan fingerprint density at radius 3 is 1.36 bits per heavy atom. The summed E-state index contributed by atoms with van der Waals surface area (Å²) in [4.78, 5) is 39.1. The predicted molar refractivity (Wildman–Crippen MR) is 236 cm³/mol. The number of nitrogens with one attached hydrogen (secondary N) is 1. The van der Waals surface area contributed by atoms with Gasteiger partial charge in [-0.2, -0.15) is 0 Å². The number of esters is 2. The van der Waals surface area contributed by atoms with Gasteiger partial charge in [0.25, 0.3) is 0 Å². The van der Waals surface area contributed by atoms with Crippen molar-refractivity contribution in [2.24, 2.45) is 0 Å². The van der Waals surface area contributed by atoms with Crippen molar-refractivity contribution in [1.82, 2.24) is 10.2 Å². The third-order valence-corrected chi connectivity index (χ3v) is 11.0. The smallest absolute Gasteiger partial charge is 0.407 e. The molecule has 8 heteroatoms. The molecule has 0 spiro atoms. The Hall–Kier alpha value is -1.83. The molecule has 0 saturated heterocycles. The van der Waals surface area contributed by atoms with E-state index in [0.29, 0.717) is 32.6 Å². The standard InChI is InChI=1S/C48H94N2O6/c1-5-9-12-15-18-27-34-44-55-46(51)38-30-23-19-25-32-41-50(43-35-40-49-48(53)54-8-4)42-33-26-20-24-31-39-47(52)56-45(36-28-21-16-13-10-6-2)37-29-22-17-14-11-7-3/h45H,5-44H2,1-4H3,(H,49,53). The van der Waals surface area contributed by atoms with Gasteiger partial charge in [0, 0.05) is 19.4 Å². The summed E-state index contributed by atoms with van der Waals surface area (Å²) in [7, 11) is 0. The number of nitrogens with zero attached hydrogens (tertiary/aromatic N) is 1. The Balaban J connectivity index is 4.34. The van der Waals surface area contributed by atoms with Gasteiger partial charge < -0.3 is 24.4 Å². The fourth-order valence-corrected chi connectivity index (χ4v) is 7.41. The quantitative estimate of drug-likeness (QED) is 0.0373. The van der Waals surface area contributed by atoms with Crippen molar-refractivity contribution in [3.05, 3.63) is 0 Å². The van der Waals surface area contributed by atoms with Crippen LogP contribution in [0.2, 0.25) is 0 Å². The highest BCUT2D eigenvalue weighted by Gasteiger charge is 2.14. The molecule has 0 aliphatic heterocycles. The Morgan fingerprint density at radius 1 is 0.446 bits per heavy atom. The second-order valence-corrected chi connectivity index (χ2v) is 16.4. The monoisotopic (exact) mass is 795 g/mol. The number of alkyl carbamates (subject to hydrolysis) is 1. The molecule has 0 aliphatic rings. The van der Waals surface area contributed by atoms with Gasteiger partial charge in [-0.05, 0) is 90.8 Å². The Labute approximate surface area is 347 Å². The van der Waals surface area contributed by atoms with Crippen LogP contribution in [0.5, 0.6) is 0 Å². The fraction of sp³-hybridized carbons (Fsp3) is 0.938. The van der Waals surface area contributed by atoms with Crippen LogP contribution in [0, 0.1) is 0 Å². The lowest BCUT2D eigenvalue weighted by molar-refractivity contribution is -0.150. The van der Waals surface area contributed by atoms with Crippen LogP contribution in [0.4, 0.5) is 4.79 Å². The van der Waals surface area contributed by atoms with E-state index in [1.807, 2.05) is 6.92 Å². The van der Waals surface area contributed by atoms with Crippen molar-refractivity contribution >= 4 is 18.0 Å². The SMILES string of the molecule is CCCCCCCCCOC(=O)CCCCCCCN(CCCCCCCC(=O)OC(CCCCCCCC)CCCCCCCC)CCCNC(=O)OCC. The zero-order chi connectivity index (χ0) is 41.0. The normalized spacial score (nSPS) is 11.4. The van der Waals surface area contributed by atoms with Crippen molar-refractivity contribution in [3.8, 4) is 0 Å². The Bertz CT molecular complexity index is 840. The van der Waals surface area contributed by atoms with E-state index in [2.05, 4.69) is 31.0 Å². The van der Waals surface area contributed by atoms with Crippen LogP contribution < -0.4 is 5.32 Å². The number of carbonyl (C=O) groups is 3. The maximum absolute atomic E-state index is 12.8. The molecular formula is C48H94N2O6. The molecule has 0 saturated carbocycles. The predicted octanol–water partition coefficient (Wildman–Crippen LogP) is 13.8. The van der Waals surface area contributed by atoms with E-state index < -0.39 is 0 Å². The highest BCUT2D eigenvalue weighted by molar-refractivity contribution is 5.69. The van der Waals surface area contributed by atoms with E-state index in [1.165, 1.54) is 122 Å². The summed E-state index contributed by atoms with van der Waals surface area (Å²) in [6, 6.07) is 0.